The van der Waals surface area contributed by atoms with Crippen molar-refractivity contribution in [1.82, 2.24) is 21.3 Å². The van der Waals surface area contributed by atoms with Gasteiger partial charge in [-0.25, -0.2) is 9.98 Å². The van der Waals surface area contributed by atoms with E-state index in [1.54, 1.807) is 24.3 Å². The summed E-state index contributed by atoms with van der Waals surface area (Å²) >= 11 is 0. The van der Waals surface area contributed by atoms with Crippen LogP contribution >= 0.6 is 0 Å². The number of rotatable bonds is 0. The lowest BCUT2D eigenvalue weighted by molar-refractivity contribution is 0.0931. The molecule has 0 radical (unpaired) electrons. The highest BCUT2D eigenvalue weighted by Crippen LogP contribution is 2.09. The molecule has 0 unspecified atom stereocenters. The lowest BCUT2D eigenvalue weighted by atomic mass is 10.1. The summed E-state index contributed by atoms with van der Waals surface area (Å²) in [6, 6.07) is 22.0. The van der Waals surface area contributed by atoms with E-state index < -0.39 is 23.6 Å². The van der Waals surface area contributed by atoms with Crippen molar-refractivity contribution in [2.75, 3.05) is 13.1 Å². The van der Waals surface area contributed by atoms with Gasteiger partial charge in [0.1, 0.15) is 0 Å². The van der Waals surface area contributed by atoms with Crippen molar-refractivity contribution >= 4 is 36.1 Å². The first-order valence-corrected chi connectivity index (χ1v) is 9.96. The average molecular weight is 454 g/mol. The fourth-order valence-corrected chi connectivity index (χ4v) is 2.78. The Balaban J connectivity index is 1.82. The molecule has 3 rings (SSSR count). The van der Waals surface area contributed by atoms with Crippen LogP contribution in [0, 0.1) is 24.2 Å². The lowest BCUT2D eigenvalue weighted by Gasteiger charge is -2.07. The van der Waals surface area contributed by atoms with Gasteiger partial charge in [0.2, 0.25) is 0 Å². The van der Waals surface area contributed by atoms with Gasteiger partial charge >= 0.3 is 0 Å². The molecule has 0 saturated heterocycles. The summed E-state index contributed by atoms with van der Waals surface area (Å²) in [5.41, 5.74) is 0.567. The molecule has 2 aromatic carbocycles. The zero-order valence-electron chi connectivity index (χ0n) is 17.7. The molecule has 0 bridgehead atoms. The highest BCUT2D eigenvalue weighted by atomic mass is 16.2. The molecule has 0 saturated carbocycles. The maximum absolute atomic E-state index is 12.4. The summed E-state index contributed by atoms with van der Waals surface area (Å²) in [7, 11) is 0. The molecule has 2 aromatic rings. The van der Waals surface area contributed by atoms with Gasteiger partial charge in [0, 0.05) is 24.5 Å². The van der Waals surface area contributed by atoms with Crippen molar-refractivity contribution in [3.8, 4) is 24.2 Å². The predicted octanol–water partition coefficient (Wildman–Crippen LogP) is 0.298. The van der Waals surface area contributed by atoms with Gasteiger partial charge in [-0.15, -0.1) is 0 Å². The topological polar surface area (TPSA) is 141 Å². The molecule has 0 aliphatic carbocycles. The second kappa shape index (κ2) is 12.0. The minimum atomic E-state index is -0.573. The van der Waals surface area contributed by atoms with Crippen LogP contribution in [0.3, 0.4) is 0 Å². The molecular weight excluding hydrogens is 436 g/mol. The molecule has 0 fully saturated rings. The number of amides is 4. The summed E-state index contributed by atoms with van der Waals surface area (Å²) < 4.78 is 0. The molecule has 4 amide bonds. The van der Waals surface area contributed by atoms with E-state index in [4.69, 9.17) is 0 Å². The van der Waals surface area contributed by atoms with Crippen molar-refractivity contribution in [2.24, 2.45) is 9.98 Å². The maximum atomic E-state index is 12.4. The van der Waals surface area contributed by atoms with Crippen molar-refractivity contribution in [3.63, 3.8) is 0 Å². The van der Waals surface area contributed by atoms with Crippen molar-refractivity contribution < 1.29 is 19.2 Å². The number of aliphatic imine (C=N–C) groups is 2. The predicted molar refractivity (Wildman–Crippen MR) is 125 cm³/mol. The smallest absolute Gasteiger partial charge is 0.263 e. The molecule has 0 atom stereocenters. The Kier molecular flexibility index (Phi) is 8.26. The molecule has 10 nitrogen and oxygen atoms in total. The van der Waals surface area contributed by atoms with Crippen LogP contribution in [0.5, 0.6) is 0 Å². The molecule has 1 aliphatic heterocycles. The number of nitrogens with one attached hydrogen (secondary N) is 4. The summed E-state index contributed by atoms with van der Waals surface area (Å²) in [4.78, 5) is 57.3. The number of carbonyl (C=O) groups is 4. The normalized spacial score (nSPS) is 14.6. The summed E-state index contributed by atoms with van der Waals surface area (Å²) in [5.74, 6) is -2.12. The maximum Gasteiger partial charge on any atom is 0.263 e. The van der Waals surface area contributed by atoms with E-state index >= 15 is 0 Å². The van der Waals surface area contributed by atoms with E-state index in [9.17, 15) is 19.2 Å². The second-order valence-electron chi connectivity index (χ2n) is 6.52. The first-order chi connectivity index (χ1) is 16.6. The van der Waals surface area contributed by atoms with E-state index in [2.05, 4.69) is 55.4 Å². The fourth-order valence-electron chi connectivity index (χ4n) is 2.78. The summed E-state index contributed by atoms with van der Waals surface area (Å²) in [6.07, 6.45) is 2.66. The molecular formula is C24H18N6O4. The third kappa shape index (κ3) is 6.39. The standard InChI is InChI=1S/C24H18N6O4/c31-21-17-5-1-2-6-18(17)22(32)28-14-10-26-12-16-30-24(34)20-8-4-3-7-19(20)23(33)29-15-11-25-9-13-27-21/h1-9,12H,13,16H2,(H,27,31)(H,28,32)(H,29,33)(H,30,34). The van der Waals surface area contributed by atoms with E-state index in [-0.39, 0.29) is 35.3 Å². The monoisotopic (exact) mass is 454 g/mol. The number of nitrogens with zero attached hydrogens (tertiary/aromatic N) is 2. The van der Waals surface area contributed by atoms with Crippen LogP contribution < -0.4 is 21.3 Å². The van der Waals surface area contributed by atoms with Gasteiger partial charge in [-0.3, -0.25) is 29.8 Å². The van der Waals surface area contributed by atoms with Gasteiger partial charge in [0.15, 0.2) is 0 Å². The van der Waals surface area contributed by atoms with Crippen molar-refractivity contribution in [2.45, 2.75) is 0 Å². The molecule has 34 heavy (non-hydrogen) atoms. The molecule has 0 aromatic heterocycles. The van der Waals surface area contributed by atoms with E-state index in [0.717, 1.165) is 0 Å². The zero-order valence-corrected chi connectivity index (χ0v) is 17.7. The highest BCUT2D eigenvalue weighted by molar-refractivity contribution is 6.08. The molecule has 168 valence electrons. The van der Waals surface area contributed by atoms with Crippen LogP contribution in [0.4, 0.5) is 0 Å². The van der Waals surface area contributed by atoms with Gasteiger partial charge < -0.3 is 10.6 Å². The molecule has 0 spiro atoms. The van der Waals surface area contributed by atoms with Crippen LogP contribution in [0.2, 0.25) is 0 Å². The Morgan fingerprint density at radius 3 is 1.29 bits per heavy atom. The lowest BCUT2D eigenvalue weighted by Crippen LogP contribution is -2.29. The van der Waals surface area contributed by atoms with E-state index in [1.807, 2.05) is 0 Å². The number of benzene rings is 2. The van der Waals surface area contributed by atoms with E-state index in [0.29, 0.717) is 0 Å². The molecule has 1 aliphatic rings. The van der Waals surface area contributed by atoms with Crippen LogP contribution in [0.15, 0.2) is 58.5 Å². The van der Waals surface area contributed by atoms with Crippen LogP contribution in [0.1, 0.15) is 41.4 Å². The van der Waals surface area contributed by atoms with Gasteiger partial charge in [-0.05, 0) is 24.3 Å². The minimum absolute atomic E-state index is 0.0366. The van der Waals surface area contributed by atoms with E-state index in [1.165, 1.54) is 36.7 Å². The van der Waals surface area contributed by atoms with Crippen molar-refractivity contribution in [3.05, 3.63) is 70.8 Å². The SMILES string of the molecule is O=C1NC#CN=CCNC(=O)c2ccccc2C(=O)NC#CN=CCNC(=O)c2ccccc21. The third-order valence-corrected chi connectivity index (χ3v) is 4.32. The van der Waals surface area contributed by atoms with Crippen molar-refractivity contribution in [1.29, 1.82) is 0 Å². The summed E-state index contributed by atoms with van der Waals surface area (Å²) in [6.45, 7) is 0.0733. The fraction of sp³-hybridized carbons (Fsp3) is 0.0833. The van der Waals surface area contributed by atoms with Gasteiger partial charge in [0.05, 0.1) is 47.4 Å². The van der Waals surface area contributed by atoms with Crippen LogP contribution in [-0.2, 0) is 0 Å². The highest BCUT2D eigenvalue weighted by Gasteiger charge is 2.16. The minimum Gasteiger partial charge on any atom is -0.347 e. The Hall–Kier alpha value is -5.22. The number of hydrogen-bond donors (Lipinski definition) is 4. The van der Waals surface area contributed by atoms with Gasteiger partial charge in [-0.1, -0.05) is 24.3 Å². The first-order valence-electron chi connectivity index (χ1n) is 9.96. The number of hydrogen-bond acceptors (Lipinski definition) is 6. The average Bonchev–Trinajstić information content (AvgIpc) is 2.86. The Morgan fingerprint density at radius 1 is 0.559 bits per heavy atom. The largest absolute Gasteiger partial charge is 0.347 e. The molecule has 10 heteroatoms. The molecule has 1 heterocycles. The number of carbonyl (C=O) groups excluding carboxylic acids is 4. The molecule has 4 N–H and O–H groups in total. The quantitative estimate of drug-likeness (QED) is 0.425. The Labute approximate surface area is 194 Å². The van der Waals surface area contributed by atoms with Gasteiger partial charge in [-0.2, -0.15) is 0 Å². The van der Waals surface area contributed by atoms with Crippen LogP contribution in [-0.4, -0.2) is 49.1 Å². The van der Waals surface area contributed by atoms with Crippen LogP contribution in [0.25, 0.3) is 0 Å². The Bertz CT molecular complexity index is 1210. The Morgan fingerprint density at radius 2 is 0.912 bits per heavy atom. The first kappa shape index (κ1) is 23.4. The second-order valence-corrected chi connectivity index (χ2v) is 6.52. The number of fused-ring (bicyclic) bond motifs is 2. The third-order valence-electron chi connectivity index (χ3n) is 4.32. The summed E-state index contributed by atoms with van der Waals surface area (Å²) in [5, 5.41) is 9.90. The zero-order chi connectivity index (χ0) is 24.2. The van der Waals surface area contributed by atoms with Gasteiger partial charge in [0.25, 0.3) is 23.6 Å².